The SMILES string of the molecule is C=C(OC)C1=NCCO1. The molecule has 0 amide bonds. The molecule has 1 aliphatic rings. The van der Waals surface area contributed by atoms with Gasteiger partial charge in [-0.2, -0.15) is 0 Å². The lowest BCUT2D eigenvalue weighted by Gasteiger charge is -2.01. The molecule has 9 heavy (non-hydrogen) atoms. The van der Waals surface area contributed by atoms with E-state index in [-0.39, 0.29) is 0 Å². The first kappa shape index (κ1) is 6.13. The van der Waals surface area contributed by atoms with Crippen molar-refractivity contribution < 1.29 is 9.47 Å². The maximum Gasteiger partial charge on any atom is 0.251 e. The van der Waals surface area contributed by atoms with Crippen LogP contribution in [0.2, 0.25) is 0 Å². The second-order valence-electron chi connectivity index (χ2n) is 1.66. The summed E-state index contributed by atoms with van der Waals surface area (Å²) >= 11 is 0. The predicted molar refractivity (Wildman–Crippen MR) is 34.4 cm³/mol. The van der Waals surface area contributed by atoms with E-state index in [2.05, 4.69) is 11.6 Å². The van der Waals surface area contributed by atoms with Crippen molar-refractivity contribution in [1.82, 2.24) is 0 Å². The average molecular weight is 127 g/mol. The van der Waals surface area contributed by atoms with Gasteiger partial charge in [-0.05, 0) is 0 Å². The van der Waals surface area contributed by atoms with Crippen LogP contribution in [0.25, 0.3) is 0 Å². The van der Waals surface area contributed by atoms with Gasteiger partial charge in [0, 0.05) is 0 Å². The van der Waals surface area contributed by atoms with Crippen LogP contribution in [-0.2, 0) is 9.47 Å². The molecule has 3 heteroatoms. The molecule has 1 heterocycles. The smallest absolute Gasteiger partial charge is 0.251 e. The van der Waals surface area contributed by atoms with Crippen molar-refractivity contribution in [2.24, 2.45) is 4.99 Å². The van der Waals surface area contributed by atoms with Crippen molar-refractivity contribution in [2.75, 3.05) is 20.3 Å². The lowest BCUT2D eigenvalue weighted by atomic mass is 10.5. The standard InChI is InChI=1S/C6H9NO2/c1-5(8-2)6-7-3-4-9-6/h1,3-4H2,2H3. The molecule has 0 bridgehead atoms. The summed E-state index contributed by atoms with van der Waals surface area (Å²) < 4.78 is 9.81. The summed E-state index contributed by atoms with van der Waals surface area (Å²) in [6, 6.07) is 0. The molecule has 0 fully saturated rings. The first-order valence-corrected chi connectivity index (χ1v) is 2.75. The minimum Gasteiger partial charge on any atom is -0.492 e. The van der Waals surface area contributed by atoms with Crippen LogP contribution in [0.15, 0.2) is 17.3 Å². The lowest BCUT2D eigenvalue weighted by molar-refractivity contribution is 0.277. The number of hydrogen-bond donors (Lipinski definition) is 0. The summed E-state index contributed by atoms with van der Waals surface area (Å²) in [4.78, 5) is 3.98. The quantitative estimate of drug-likeness (QED) is 0.508. The van der Waals surface area contributed by atoms with Crippen molar-refractivity contribution >= 4 is 5.90 Å². The zero-order chi connectivity index (χ0) is 6.69. The van der Waals surface area contributed by atoms with E-state index in [9.17, 15) is 0 Å². The van der Waals surface area contributed by atoms with Gasteiger partial charge < -0.3 is 9.47 Å². The molecule has 50 valence electrons. The number of nitrogens with zero attached hydrogens (tertiary/aromatic N) is 1. The van der Waals surface area contributed by atoms with Crippen LogP contribution in [0.4, 0.5) is 0 Å². The minimum atomic E-state index is 0.507. The van der Waals surface area contributed by atoms with E-state index < -0.39 is 0 Å². The van der Waals surface area contributed by atoms with Gasteiger partial charge in [0.2, 0.25) is 0 Å². The van der Waals surface area contributed by atoms with Gasteiger partial charge in [-0.25, -0.2) is 4.99 Å². The number of hydrogen-bond acceptors (Lipinski definition) is 3. The molecule has 1 aliphatic heterocycles. The molecule has 0 aliphatic carbocycles. The van der Waals surface area contributed by atoms with Gasteiger partial charge in [0.25, 0.3) is 5.90 Å². The highest BCUT2D eigenvalue weighted by molar-refractivity contribution is 5.91. The summed E-state index contributed by atoms with van der Waals surface area (Å²) in [5.74, 6) is 1.05. The van der Waals surface area contributed by atoms with Crippen LogP contribution in [0.1, 0.15) is 0 Å². The minimum absolute atomic E-state index is 0.507. The van der Waals surface area contributed by atoms with E-state index in [0.717, 1.165) is 6.54 Å². The molecule has 0 atom stereocenters. The highest BCUT2D eigenvalue weighted by Gasteiger charge is 2.10. The van der Waals surface area contributed by atoms with E-state index >= 15 is 0 Å². The fourth-order valence-corrected chi connectivity index (χ4v) is 0.591. The fraction of sp³-hybridized carbons (Fsp3) is 0.500. The summed E-state index contributed by atoms with van der Waals surface area (Å²) in [5.41, 5.74) is 0. The Morgan fingerprint density at radius 1 is 1.89 bits per heavy atom. The number of rotatable bonds is 2. The third kappa shape index (κ3) is 1.22. The molecule has 0 unspecified atom stereocenters. The second kappa shape index (κ2) is 2.53. The Hall–Kier alpha value is -0.990. The van der Waals surface area contributed by atoms with Crippen LogP contribution >= 0.6 is 0 Å². The highest BCUT2D eigenvalue weighted by atomic mass is 16.5. The molecule has 0 spiro atoms. The number of methoxy groups -OCH3 is 1. The molecule has 3 nitrogen and oxygen atoms in total. The highest BCUT2D eigenvalue weighted by Crippen LogP contribution is 2.02. The first-order chi connectivity index (χ1) is 4.34. The monoisotopic (exact) mass is 127 g/mol. The zero-order valence-corrected chi connectivity index (χ0v) is 5.39. The molecule has 0 saturated carbocycles. The van der Waals surface area contributed by atoms with Gasteiger partial charge in [-0.15, -0.1) is 0 Å². The molecule has 0 radical (unpaired) electrons. The second-order valence-corrected chi connectivity index (χ2v) is 1.66. The van der Waals surface area contributed by atoms with Gasteiger partial charge in [-0.1, -0.05) is 6.58 Å². The topological polar surface area (TPSA) is 30.8 Å². The predicted octanol–water partition coefficient (Wildman–Crippen LogP) is 0.575. The first-order valence-electron chi connectivity index (χ1n) is 2.75. The van der Waals surface area contributed by atoms with Crippen LogP contribution in [0, 0.1) is 0 Å². The summed E-state index contributed by atoms with van der Waals surface area (Å²) in [5, 5.41) is 0. The third-order valence-electron chi connectivity index (χ3n) is 1.07. The van der Waals surface area contributed by atoms with E-state index in [1.807, 2.05) is 0 Å². The van der Waals surface area contributed by atoms with Gasteiger partial charge in [0.1, 0.15) is 6.61 Å². The van der Waals surface area contributed by atoms with E-state index in [1.165, 1.54) is 0 Å². The zero-order valence-electron chi connectivity index (χ0n) is 5.39. The maximum atomic E-state index is 5.03. The van der Waals surface area contributed by atoms with Crippen LogP contribution in [0.3, 0.4) is 0 Å². The molecule has 0 N–H and O–H groups in total. The van der Waals surface area contributed by atoms with Crippen LogP contribution < -0.4 is 0 Å². The molecular weight excluding hydrogens is 118 g/mol. The summed E-state index contributed by atoms with van der Waals surface area (Å²) in [7, 11) is 1.55. The Labute approximate surface area is 54.0 Å². The molecule has 0 aromatic rings. The Bertz CT molecular complexity index is 151. The van der Waals surface area contributed by atoms with Crippen molar-refractivity contribution in [3.63, 3.8) is 0 Å². The molecule has 0 aromatic heterocycles. The fourth-order valence-electron chi connectivity index (χ4n) is 0.591. The third-order valence-corrected chi connectivity index (χ3v) is 1.07. The normalized spacial score (nSPS) is 16.3. The Balaban J connectivity index is 2.51. The van der Waals surface area contributed by atoms with E-state index in [4.69, 9.17) is 9.47 Å². The van der Waals surface area contributed by atoms with Crippen molar-refractivity contribution in [3.05, 3.63) is 12.3 Å². The van der Waals surface area contributed by atoms with E-state index in [1.54, 1.807) is 7.11 Å². The average Bonchev–Trinajstić information content (AvgIpc) is 2.37. The Morgan fingerprint density at radius 2 is 2.67 bits per heavy atom. The van der Waals surface area contributed by atoms with Crippen molar-refractivity contribution in [1.29, 1.82) is 0 Å². The van der Waals surface area contributed by atoms with Crippen molar-refractivity contribution in [2.45, 2.75) is 0 Å². The molecular formula is C6H9NO2. The van der Waals surface area contributed by atoms with Gasteiger partial charge in [0.05, 0.1) is 13.7 Å². The number of ether oxygens (including phenoxy) is 2. The largest absolute Gasteiger partial charge is 0.492 e. The van der Waals surface area contributed by atoms with Gasteiger partial charge in [0.15, 0.2) is 5.76 Å². The Morgan fingerprint density at radius 3 is 3.11 bits per heavy atom. The lowest BCUT2D eigenvalue weighted by Crippen LogP contribution is -2.03. The summed E-state index contributed by atoms with van der Waals surface area (Å²) in [6.45, 7) is 4.95. The van der Waals surface area contributed by atoms with Crippen molar-refractivity contribution in [3.8, 4) is 0 Å². The molecule has 0 saturated heterocycles. The van der Waals surface area contributed by atoms with E-state index in [0.29, 0.717) is 18.3 Å². The summed E-state index contributed by atoms with van der Waals surface area (Å²) in [6.07, 6.45) is 0. The van der Waals surface area contributed by atoms with Gasteiger partial charge >= 0.3 is 0 Å². The number of aliphatic imine (C=N–C) groups is 1. The Kier molecular flexibility index (Phi) is 1.72. The maximum absolute atomic E-state index is 5.03. The molecule has 1 rings (SSSR count). The molecule has 0 aromatic carbocycles. The van der Waals surface area contributed by atoms with Crippen LogP contribution in [-0.4, -0.2) is 26.2 Å². The van der Waals surface area contributed by atoms with Gasteiger partial charge in [-0.3, -0.25) is 0 Å². The van der Waals surface area contributed by atoms with Crippen LogP contribution in [0.5, 0.6) is 0 Å².